The minimum absolute atomic E-state index is 0.170. The van der Waals surface area contributed by atoms with Gasteiger partial charge in [-0.15, -0.1) is 0 Å². The molecule has 7 heteroatoms. The van der Waals surface area contributed by atoms with Crippen LogP contribution in [0.15, 0.2) is 79.4 Å². The highest BCUT2D eigenvalue weighted by molar-refractivity contribution is 5.99. The van der Waals surface area contributed by atoms with Gasteiger partial charge in [-0.05, 0) is 37.7 Å². The standard InChI is InChI=1S/C24H24N6O/c1-17-7-3-4-10-20(17)29-24-22-14-26-16-30(22)21(15-27-24)18-8-5-9-19(13-18)28-23(31)11-6-12-25-2/h3-11,13-16,25H,12H2,1-2H3,(H,27,29)(H,28,31)/b11-6+. The van der Waals surface area contributed by atoms with Gasteiger partial charge < -0.3 is 16.0 Å². The number of carbonyl (C=O) groups excluding carboxylic acids is 1. The summed E-state index contributed by atoms with van der Waals surface area (Å²) in [5.41, 5.74) is 5.52. The van der Waals surface area contributed by atoms with Crippen molar-refractivity contribution in [1.82, 2.24) is 19.7 Å². The van der Waals surface area contributed by atoms with Crippen molar-refractivity contribution in [3.8, 4) is 11.3 Å². The molecule has 4 rings (SSSR count). The van der Waals surface area contributed by atoms with Crippen LogP contribution in [0, 0.1) is 6.92 Å². The third kappa shape index (κ3) is 4.62. The first kappa shape index (κ1) is 20.3. The maximum atomic E-state index is 12.1. The molecule has 0 spiro atoms. The summed E-state index contributed by atoms with van der Waals surface area (Å²) in [5.74, 6) is 0.561. The van der Waals surface area contributed by atoms with Crippen molar-refractivity contribution in [2.45, 2.75) is 6.92 Å². The van der Waals surface area contributed by atoms with E-state index in [4.69, 9.17) is 0 Å². The van der Waals surface area contributed by atoms with Crippen LogP contribution in [0.1, 0.15) is 5.56 Å². The van der Waals surface area contributed by atoms with Crippen LogP contribution in [0.5, 0.6) is 0 Å². The molecule has 0 aliphatic carbocycles. The average Bonchev–Trinajstić information content (AvgIpc) is 3.26. The number of aryl methyl sites for hydroxylation is 1. The second-order valence-electron chi connectivity index (χ2n) is 7.11. The molecule has 0 aliphatic heterocycles. The second kappa shape index (κ2) is 9.23. The van der Waals surface area contributed by atoms with E-state index in [0.717, 1.165) is 33.8 Å². The van der Waals surface area contributed by atoms with E-state index >= 15 is 0 Å². The van der Waals surface area contributed by atoms with Crippen molar-refractivity contribution in [3.05, 3.63) is 85.0 Å². The number of anilines is 3. The van der Waals surface area contributed by atoms with E-state index in [9.17, 15) is 4.79 Å². The Bertz CT molecular complexity index is 1240. The van der Waals surface area contributed by atoms with Gasteiger partial charge in [-0.3, -0.25) is 9.20 Å². The maximum absolute atomic E-state index is 12.1. The lowest BCUT2D eigenvalue weighted by Crippen LogP contribution is -2.10. The number of rotatable bonds is 7. The number of hydrogen-bond donors (Lipinski definition) is 3. The Hall–Kier alpha value is -3.97. The number of benzene rings is 2. The van der Waals surface area contributed by atoms with E-state index in [1.165, 1.54) is 6.08 Å². The summed E-state index contributed by atoms with van der Waals surface area (Å²) in [6.45, 7) is 2.69. The zero-order valence-corrected chi connectivity index (χ0v) is 17.5. The summed E-state index contributed by atoms with van der Waals surface area (Å²) in [7, 11) is 1.83. The van der Waals surface area contributed by atoms with E-state index < -0.39 is 0 Å². The Kier molecular flexibility index (Phi) is 6.05. The summed E-state index contributed by atoms with van der Waals surface area (Å²) in [6, 6.07) is 15.8. The third-order valence-corrected chi connectivity index (χ3v) is 4.87. The lowest BCUT2D eigenvalue weighted by atomic mass is 10.1. The zero-order chi connectivity index (χ0) is 21.6. The number of amides is 1. The van der Waals surface area contributed by atoms with E-state index in [-0.39, 0.29) is 5.91 Å². The fraction of sp³-hybridized carbons (Fsp3) is 0.125. The first-order valence-electron chi connectivity index (χ1n) is 10.0. The van der Waals surface area contributed by atoms with Crippen molar-refractivity contribution < 1.29 is 4.79 Å². The van der Waals surface area contributed by atoms with Crippen molar-refractivity contribution >= 4 is 28.6 Å². The van der Waals surface area contributed by atoms with Crippen LogP contribution < -0.4 is 16.0 Å². The average molecular weight is 412 g/mol. The number of aromatic nitrogens is 3. The first-order valence-corrected chi connectivity index (χ1v) is 10.0. The highest BCUT2D eigenvalue weighted by atomic mass is 16.1. The Balaban J connectivity index is 1.63. The molecule has 3 N–H and O–H groups in total. The number of imidazole rings is 1. The smallest absolute Gasteiger partial charge is 0.248 e. The maximum Gasteiger partial charge on any atom is 0.248 e. The summed E-state index contributed by atoms with van der Waals surface area (Å²) in [5, 5.41) is 9.26. The number of hydrogen-bond acceptors (Lipinski definition) is 5. The fourth-order valence-corrected chi connectivity index (χ4v) is 3.29. The molecular weight excluding hydrogens is 388 g/mol. The number of likely N-dealkylation sites (N-methyl/N-ethyl adjacent to an activating group) is 1. The largest absolute Gasteiger partial charge is 0.338 e. The molecular formula is C24H24N6O. The van der Waals surface area contributed by atoms with Gasteiger partial charge in [0, 0.05) is 29.6 Å². The molecule has 2 aromatic carbocycles. The van der Waals surface area contributed by atoms with Crippen LogP contribution in [-0.2, 0) is 4.79 Å². The second-order valence-corrected chi connectivity index (χ2v) is 7.11. The number of fused-ring (bicyclic) bond motifs is 1. The first-order chi connectivity index (χ1) is 15.2. The van der Waals surface area contributed by atoms with Gasteiger partial charge in [-0.25, -0.2) is 9.97 Å². The summed E-state index contributed by atoms with van der Waals surface area (Å²) >= 11 is 0. The van der Waals surface area contributed by atoms with E-state index in [2.05, 4.69) is 38.9 Å². The van der Waals surface area contributed by atoms with Crippen LogP contribution in [0.25, 0.3) is 16.8 Å². The summed E-state index contributed by atoms with van der Waals surface area (Å²) in [6.07, 6.45) is 8.66. The Morgan fingerprint density at radius 1 is 1.13 bits per heavy atom. The highest BCUT2D eigenvalue weighted by Crippen LogP contribution is 2.28. The predicted molar refractivity (Wildman–Crippen MR) is 125 cm³/mol. The lowest BCUT2D eigenvalue weighted by Gasteiger charge is -2.13. The molecule has 31 heavy (non-hydrogen) atoms. The lowest BCUT2D eigenvalue weighted by molar-refractivity contribution is -0.111. The highest BCUT2D eigenvalue weighted by Gasteiger charge is 2.11. The summed E-state index contributed by atoms with van der Waals surface area (Å²) in [4.78, 5) is 21.1. The van der Waals surface area contributed by atoms with Gasteiger partial charge in [0.15, 0.2) is 5.82 Å². The van der Waals surface area contributed by atoms with Gasteiger partial charge in [-0.1, -0.05) is 36.4 Å². The molecule has 0 bridgehead atoms. The van der Waals surface area contributed by atoms with Crippen LogP contribution in [0.4, 0.5) is 17.2 Å². The topological polar surface area (TPSA) is 83.3 Å². The Morgan fingerprint density at radius 3 is 2.84 bits per heavy atom. The molecule has 0 fully saturated rings. The zero-order valence-electron chi connectivity index (χ0n) is 17.5. The molecule has 0 radical (unpaired) electrons. The van der Waals surface area contributed by atoms with Crippen molar-refractivity contribution in [3.63, 3.8) is 0 Å². The van der Waals surface area contributed by atoms with Crippen LogP contribution in [0.2, 0.25) is 0 Å². The number of para-hydroxylation sites is 1. The minimum Gasteiger partial charge on any atom is -0.338 e. The van der Waals surface area contributed by atoms with Crippen molar-refractivity contribution in [2.75, 3.05) is 24.2 Å². The number of nitrogens with one attached hydrogen (secondary N) is 3. The normalized spacial score (nSPS) is 11.2. The molecule has 7 nitrogen and oxygen atoms in total. The molecule has 2 heterocycles. The quantitative estimate of drug-likeness (QED) is 0.397. The van der Waals surface area contributed by atoms with Gasteiger partial charge >= 0.3 is 0 Å². The Morgan fingerprint density at radius 2 is 2.00 bits per heavy atom. The SMILES string of the molecule is CNC/C=C/C(=O)Nc1cccc(-c2cnc(Nc3ccccc3C)c3cncn23)c1. The molecule has 0 saturated carbocycles. The summed E-state index contributed by atoms with van der Waals surface area (Å²) < 4.78 is 1.99. The molecule has 156 valence electrons. The molecule has 4 aromatic rings. The molecule has 0 saturated heterocycles. The van der Waals surface area contributed by atoms with Gasteiger partial charge in [0.2, 0.25) is 5.91 Å². The molecule has 0 unspecified atom stereocenters. The van der Waals surface area contributed by atoms with Crippen LogP contribution >= 0.6 is 0 Å². The van der Waals surface area contributed by atoms with Crippen molar-refractivity contribution in [2.24, 2.45) is 0 Å². The Labute approximate surface area is 180 Å². The van der Waals surface area contributed by atoms with Gasteiger partial charge in [-0.2, -0.15) is 0 Å². The van der Waals surface area contributed by atoms with Crippen molar-refractivity contribution in [1.29, 1.82) is 0 Å². The van der Waals surface area contributed by atoms with Gasteiger partial charge in [0.05, 0.1) is 24.4 Å². The van der Waals surface area contributed by atoms with E-state index in [1.807, 2.05) is 60.1 Å². The monoisotopic (exact) mass is 412 g/mol. The number of carbonyl (C=O) groups is 1. The minimum atomic E-state index is -0.170. The number of nitrogens with zero attached hydrogens (tertiary/aromatic N) is 3. The van der Waals surface area contributed by atoms with E-state index in [1.54, 1.807) is 18.6 Å². The van der Waals surface area contributed by atoms with Crippen LogP contribution in [-0.4, -0.2) is 33.9 Å². The van der Waals surface area contributed by atoms with Gasteiger partial charge in [0.25, 0.3) is 0 Å². The molecule has 2 aromatic heterocycles. The van der Waals surface area contributed by atoms with Gasteiger partial charge in [0.1, 0.15) is 5.52 Å². The predicted octanol–water partition coefficient (Wildman–Crippen LogP) is 4.16. The molecule has 1 amide bonds. The fourth-order valence-electron chi connectivity index (χ4n) is 3.29. The van der Waals surface area contributed by atoms with Crippen LogP contribution in [0.3, 0.4) is 0 Å². The molecule has 0 atom stereocenters. The molecule has 0 aliphatic rings. The third-order valence-electron chi connectivity index (χ3n) is 4.87. The van der Waals surface area contributed by atoms with E-state index in [0.29, 0.717) is 12.2 Å².